The van der Waals surface area contributed by atoms with Gasteiger partial charge in [-0.15, -0.1) is 0 Å². The summed E-state index contributed by atoms with van der Waals surface area (Å²) in [7, 11) is 0. The van der Waals surface area contributed by atoms with Crippen LogP contribution in [0.4, 0.5) is 5.69 Å². The Hall–Kier alpha value is -0.980. The maximum absolute atomic E-state index is 11.6. The van der Waals surface area contributed by atoms with Crippen LogP contribution < -0.4 is 0 Å². The van der Waals surface area contributed by atoms with Crippen molar-refractivity contribution in [3.8, 4) is 0 Å². The third-order valence-electron chi connectivity index (χ3n) is 2.63. The first-order chi connectivity index (χ1) is 7.84. The molecule has 1 rings (SSSR count). The Balaban J connectivity index is 3.37. The minimum Gasteiger partial charge on any atom is -0.299 e. The van der Waals surface area contributed by atoms with Crippen LogP contribution in [-0.4, -0.2) is 10.7 Å². The Labute approximate surface area is 114 Å². The molecule has 1 aromatic rings. The lowest BCUT2D eigenvalue weighted by molar-refractivity contribution is -0.385. The van der Waals surface area contributed by atoms with Gasteiger partial charge in [-0.1, -0.05) is 19.9 Å². The molecule has 1 unspecified atom stereocenters. The van der Waals surface area contributed by atoms with Gasteiger partial charge in [0.25, 0.3) is 5.69 Å². The Bertz CT molecular complexity index is 457. The second-order valence-electron chi connectivity index (χ2n) is 4.29. The van der Waals surface area contributed by atoms with Crippen LogP contribution >= 0.6 is 22.6 Å². The van der Waals surface area contributed by atoms with E-state index in [4.69, 9.17) is 0 Å². The largest absolute Gasteiger partial charge is 0.299 e. The first kappa shape index (κ1) is 14.1. The molecule has 0 saturated carbocycles. The number of Topliss-reactive ketones (excluding diaryl/α,β-unsaturated/α-hetero) is 1. The Morgan fingerprint density at radius 3 is 2.41 bits per heavy atom. The fourth-order valence-electron chi connectivity index (χ4n) is 1.99. The quantitative estimate of drug-likeness (QED) is 0.476. The Morgan fingerprint density at radius 1 is 1.41 bits per heavy atom. The van der Waals surface area contributed by atoms with Gasteiger partial charge in [-0.2, -0.15) is 0 Å². The molecule has 0 fully saturated rings. The Morgan fingerprint density at radius 2 is 2.00 bits per heavy atom. The number of rotatable bonds is 4. The van der Waals surface area contributed by atoms with Crippen LogP contribution in [0.2, 0.25) is 0 Å². The highest BCUT2D eigenvalue weighted by Crippen LogP contribution is 2.33. The van der Waals surface area contributed by atoms with Crippen molar-refractivity contribution >= 4 is 34.1 Å². The Kier molecular flexibility index (Phi) is 4.62. The summed E-state index contributed by atoms with van der Waals surface area (Å²) < 4.78 is 0.795. The topological polar surface area (TPSA) is 60.2 Å². The van der Waals surface area contributed by atoms with Gasteiger partial charge in [0, 0.05) is 15.2 Å². The number of benzene rings is 1. The number of nitrogens with zero attached hydrogens (tertiary/aromatic N) is 1. The number of nitro groups is 1. The van der Waals surface area contributed by atoms with Crippen LogP contribution in [0.25, 0.3) is 0 Å². The summed E-state index contributed by atoms with van der Waals surface area (Å²) >= 11 is 2.02. The van der Waals surface area contributed by atoms with E-state index in [1.807, 2.05) is 36.4 Å². The maximum atomic E-state index is 11.6. The molecule has 1 aromatic carbocycles. The average molecular weight is 347 g/mol. The van der Waals surface area contributed by atoms with Crippen molar-refractivity contribution in [2.75, 3.05) is 0 Å². The lowest BCUT2D eigenvalue weighted by Gasteiger charge is -2.18. The number of hydrogen-bond donors (Lipinski definition) is 0. The molecule has 4 nitrogen and oxygen atoms in total. The van der Waals surface area contributed by atoms with E-state index in [1.165, 1.54) is 13.0 Å². The van der Waals surface area contributed by atoms with Crippen LogP contribution in [0.3, 0.4) is 0 Å². The molecule has 0 aliphatic rings. The molecule has 0 aliphatic heterocycles. The van der Waals surface area contributed by atoms with Gasteiger partial charge < -0.3 is 0 Å². The standard InChI is InChI=1S/C12H14INO3/c1-7(2)12(8(3)15)10-5-4-9(13)6-11(10)14(16)17/h4-7,12H,1-3H3. The zero-order valence-electron chi connectivity index (χ0n) is 9.94. The van der Waals surface area contributed by atoms with Gasteiger partial charge in [-0.25, -0.2) is 0 Å². The van der Waals surface area contributed by atoms with E-state index in [-0.39, 0.29) is 17.4 Å². The highest BCUT2D eigenvalue weighted by Gasteiger charge is 2.28. The second-order valence-corrected chi connectivity index (χ2v) is 5.54. The summed E-state index contributed by atoms with van der Waals surface area (Å²) in [5.41, 5.74) is 0.545. The minimum atomic E-state index is -0.421. The van der Waals surface area contributed by atoms with Crippen molar-refractivity contribution in [3.05, 3.63) is 37.4 Å². The molecule has 0 heterocycles. The minimum absolute atomic E-state index is 0.0331. The normalized spacial score (nSPS) is 12.5. The van der Waals surface area contributed by atoms with E-state index in [1.54, 1.807) is 12.1 Å². The third kappa shape index (κ3) is 3.24. The van der Waals surface area contributed by atoms with Gasteiger partial charge in [0.2, 0.25) is 0 Å². The highest BCUT2D eigenvalue weighted by atomic mass is 127. The molecule has 17 heavy (non-hydrogen) atoms. The van der Waals surface area contributed by atoms with Crippen LogP contribution in [0.5, 0.6) is 0 Å². The summed E-state index contributed by atoms with van der Waals surface area (Å²) in [5.74, 6) is -0.400. The molecule has 0 radical (unpaired) electrons. The highest BCUT2D eigenvalue weighted by molar-refractivity contribution is 14.1. The number of ketones is 1. The van der Waals surface area contributed by atoms with Crippen LogP contribution in [0, 0.1) is 19.6 Å². The molecule has 0 amide bonds. The first-order valence-corrected chi connectivity index (χ1v) is 6.36. The monoisotopic (exact) mass is 347 g/mol. The molecule has 0 spiro atoms. The van der Waals surface area contributed by atoms with E-state index < -0.39 is 10.8 Å². The van der Waals surface area contributed by atoms with E-state index in [2.05, 4.69) is 0 Å². The average Bonchev–Trinajstić information content (AvgIpc) is 2.19. The molecular formula is C12H14INO3. The molecule has 0 aliphatic carbocycles. The first-order valence-electron chi connectivity index (χ1n) is 5.29. The molecule has 1 atom stereocenters. The predicted octanol–water partition coefficient (Wildman–Crippen LogP) is 3.53. The van der Waals surface area contributed by atoms with Crippen molar-refractivity contribution in [3.63, 3.8) is 0 Å². The van der Waals surface area contributed by atoms with Gasteiger partial charge >= 0.3 is 0 Å². The fraction of sp³-hybridized carbons (Fsp3) is 0.417. The molecule has 0 bridgehead atoms. The number of hydrogen-bond acceptors (Lipinski definition) is 3. The predicted molar refractivity (Wildman–Crippen MR) is 74.1 cm³/mol. The van der Waals surface area contributed by atoms with Crippen molar-refractivity contribution < 1.29 is 9.72 Å². The van der Waals surface area contributed by atoms with Gasteiger partial charge in [-0.3, -0.25) is 14.9 Å². The number of nitro benzene ring substituents is 1. The van der Waals surface area contributed by atoms with Crippen LogP contribution in [0.1, 0.15) is 32.3 Å². The van der Waals surface area contributed by atoms with E-state index in [0.717, 1.165) is 3.57 Å². The third-order valence-corrected chi connectivity index (χ3v) is 3.30. The number of carbonyl (C=O) groups is 1. The van der Waals surface area contributed by atoms with Crippen molar-refractivity contribution in [1.29, 1.82) is 0 Å². The van der Waals surface area contributed by atoms with Gasteiger partial charge in [-0.05, 0) is 41.5 Å². The molecule has 5 heteroatoms. The maximum Gasteiger partial charge on any atom is 0.274 e. The summed E-state index contributed by atoms with van der Waals surface area (Å²) in [4.78, 5) is 22.2. The van der Waals surface area contributed by atoms with Gasteiger partial charge in [0.1, 0.15) is 5.78 Å². The molecule has 0 saturated heterocycles. The molecular weight excluding hydrogens is 333 g/mol. The zero-order chi connectivity index (χ0) is 13.2. The second kappa shape index (κ2) is 5.57. The smallest absolute Gasteiger partial charge is 0.274 e. The van der Waals surface area contributed by atoms with Crippen molar-refractivity contribution in [2.24, 2.45) is 5.92 Å². The summed E-state index contributed by atoms with van der Waals surface area (Å²) in [5, 5.41) is 11.0. The van der Waals surface area contributed by atoms with E-state index >= 15 is 0 Å². The van der Waals surface area contributed by atoms with E-state index in [0.29, 0.717) is 5.56 Å². The molecule has 92 valence electrons. The van der Waals surface area contributed by atoms with Gasteiger partial charge in [0.05, 0.1) is 10.8 Å². The summed E-state index contributed by atoms with van der Waals surface area (Å²) in [6.45, 7) is 5.27. The number of halogens is 1. The van der Waals surface area contributed by atoms with Gasteiger partial charge in [0.15, 0.2) is 0 Å². The summed E-state index contributed by atoms with van der Waals surface area (Å²) in [6, 6.07) is 4.99. The van der Waals surface area contributed by atoms with Crippen molar-refractivity contribution in [1.82, 2.24) is 0 Å². The summed E-state index contributed by atoms with van der Waals surface area (Å²) in [6.07, 6.45) is 0. The van der Waals surface area contributed by atoms with Crippen LogP contribution in [-0.2, 0) is 4.79 Å². The lowest BCUT2D eigenvalue weighted by atomic mass is 9.84. The zero-order valence-corrected chi connectivity index (χ0v) is 12.1. The number of carbonyl (C=O) groups excluding carboxylic acids is 1. The fourth-order valence-corrected chi connectivity index (χ4v) is 2.46. The molecule has 0 aromatic heterocycles. The van der Waals surface area contributed by atoms with E-state index in [9.17, 15) is 14.9 Å². The molecule has 0 N–H and O–H groups in total. The SMILES string of the molecule is CC(=O)C(c1ccc(I)cc1[N+](=O)[O-])C(C)C. The lowest BCUT2D eigenvalue weighted by Crippen LogP contribution is -2.16. The van der Waals surface area contributed by atoms with Crippen molar-refractivity contribution in [2.45, 2.75) is 26.7 Å². The van der Waals surface area contributed by atoms with Crippen LogP contribution in [0.15, 0.2) is 18.2 Å².